The van der Waals surface area contributed by atoms with Gasteiger partial charge < -0.3 is 13.7 Å². The Morgan fingerprint density at radius 2 is 2.12 bits per heavy atom. The van der Waals surface area contributed by atoms with Crippen LogP contribution in [0.25, 0.3) is 22.1 Å². The second-order valence-corrected chi connectivity index (χ2v) is 3.92. The van der Waals surface area contributed by atoms with Crippen molar-refractivity contribution in [3.63, 3.8) is 0 Å². The normalized spacial score (nSPS) is 11.2. The summed E-state index contributed by atoms with van der Waals surface area (Å²) in [6.07, 6.45) is 0.821. The zero-order valence-electron chi connectivity index (χ0n) is 9.56. The number of aryl methyl sites for hydroxylation is 1. The SMILES string of the molecule is COc1ccc2oc3cc(C=O)n(C)c3c2c1. The lowest BCUT2D eigenvalue weighted by Gasteiger charge is -2.00. The predicted octanol–water partition coefficient (Wildman–Crippen LogP) is 2.75. The number of carbonyl (C=O) groups is 1. The molecule has 0 aliphatic carbocycles. The van der Waals surface area contributed by atoms with Gasteiger partial charge in [0.1, 0.15) is 11.3 Å². The van der Waals surface area contributed by atoms with Crippen LogP contribution in [0.15, 0.2) is 28.7 Å². The molecular formula is C13H11NO3. The number of carbonyl (C=O) groups excluding carboxylic acids is 1. The number of nitrogens with zero attached hydrogens (tertiary/aromatic N) is 1. The molecule has 2 heterocycles. The van der Waals surface area contributed by atoms with E-state index in [4.69, 9.17) is 9.15 Å². The minimum absolute atomic E-state index is 0.600. The molecule has 3 aromatic rings. The van der Waals surface area contributed by atoms with Crippen molar-refractivity contribution in [1.29, 1.82) is 0 Å². The van der Waals surface area contributed by atoms with E-state index in [1.807, 2.05) is 29.8 Å². The maximum Gasteiger partial charge on any atom is 0.166 e. The molecule has 17 heavy (non-hydrogen) atoms. The van der Waals surface area contributed by atoms with Crippen LogP contribution in [-0.2, 0) is 7.05 Å². The zero-order chi connectivity index (χ0) is 12.0. The third-order valence-corrected chi connectivity index (χ3v) is 3.02. The maximum atomic E-state index is 10.9. The van der Waals surface area contributed by atoms with Crippen LogP contribution in [0.1, 0.15) is 10.5 Å². The lowest BCUT2D eigenvalue weighted by atomic mass is 10.2. The van der Waals surface area contributed by atoms with Crippen LogP contribution in [-0.4, -0.2) is 18.0 Å². The first-order valence-electron chi connectivity index (χ1n) is 5.25. The van der Waals surface area contributed by atoms with E-state index < -0.39 is 0 Å². The molecule has 86 valence electrons. The third kappa shape index (κ3) is 1.27. The summed E-state index contributed by atoms with van der Waals surface area (Å²) in [5.41, 5.74) is 3.03. The molecule has 0 unspecified atom stereocenters. The maximum absolute atomic E-state index is 10.9. The summed E-state index contributed by atoms with van der Waals surface area (Å²) in [5, 5.41) is 0.954. The molecule has 1 aromatic carbocycles. The van der Waals surface area contributed by atoms with Gasteiger partial charge in [-0.3, -0.25) is 4.79 Å². The van der Waals surface area contributed by atoms with E-state index in [-0.39, 0.29) is 0 Å². The number of ether oxygens (including phenoxy) is 1. The molecule has 0 saturated carbocycles. The number of rotatable bonds is 2. The van der Waals surface area contributed by atoms with E-state index in [2.05, 4.69) is 0 Å². The Morgan fingerprint density at radius 1 is 1.29 bits per heavy atom. The number of furan rings is 1. The van der Waals surface area contributed by atoms with E-state index in [0.717, 1.165) is 34.1 Å². The molecule has 2 aromatic heterocycles. The lowest BCUT2D eigenvalue weighted by Crippen LogP contribution is -1.93. The molecule has 0 aliphatic heterocycles. The van der Waals surface area contributed by atoms with E-state index in [1.54, 1.807) is 13.2 Å². The quantitative estimate of drug-likeness (QED) is 0.634. The lowest BCUT2D eigenvalue weighted by molar-refractivity contribution is 0.111. The number of aromatic nitrogens is 1. The molecule has 0 radical (unpaired) electrons. The van der Waals surface area contributed by atoms with Crippen molar-refractivity contribution in [1.82, 2.24) is 4.57 Å². The highest BCUT2D eigenvalue weighted by molar-refractivity contribution is 6.05. The summed E-state index contributed by atoms with van der Waals surface area (Å²) in [5.74, 6) is 0.772. The molecule has 4 heteroatoms. The van der Waals surface area contributed by atoms with Crippen molar-refractivity contribution in [2.75, 3.05) is 7.11 Å². The van der Waals surface area contributed by atoms with Gasteiger partial charge in [-0.25, -0.2) is 0 Å². The number of benzene rings is 1. The monoisotopic (exact) mass is 229 g/mol. The van der Waals surface area contributed by atoms with Crippen LogP contribution in [0.4, 0.5) is 0 Å². The first-order valence-corrected chi connectivity index (χ1v) is 5.25. The molecule has 0 aliphatic rings. The van der Waals surface area contributed by atoms with Gasteiger partial charge in [0.05, 0.1) is 18.3 Å². The molecule has 0 spiro atoms. The van der Waals surface area contributed by atoms with E-state index in [0.29, 0.717) is 5.69 Å². The standard InChI is InChI=1S/C13H11NO3/c1-14-8(7-15)5-12-13(14)10-6-9(16-2)3-4-11(10)17-12/h3-7H,1-2H3. The van der Waals surface area contributed by atoms with Gasteiger partial charge in [0, 0.05) is 18.5 Å². The fraction of sp³-hybridized carbons (Fsp3) is 0.154. The molecule has 3 rings (SSSR count). The Kier molecular flexibility index (Phi) is 1.98. The van der Waals surface area contributed by atoms with Crippen LogP contribution in [0, 0.1) is 0 Å². The largest absolute Gasteiger partial charge is 0.497 e. The fourth-order valence-electron chi connectivity index (χ4n) is 2.13. The van der Waals surface area contributed by atoms with Gasteiger partial charge in [0.25, 0.3) is 0 Å². The average Bonchev–Trinajstić information content (AvgIpc) is 2.85. The second-order valence-electron chi connectivity index (χ2n) is 3.92. The smallest absolute Gasteiger partial charge is 0.166 e. The van der Waals surface area contributed by atoms with Crippen LogP contribution >= 0.6 is 0 Å². The molecule has 0 amide bonds. The number of hydrogen-bond acceptors (Lipinski definition) is 3. The van der Waals surface area contributed by atoms with Crippen LogP contribution < -0.4 is 4.74 Å². The van der Waals surface area contributed by atoms with Gasteiger partial charge in [0.15, 0.2) is 11.9 Å². The molecule has 0 atom stereocenters. The van der Waals surface area contributed by atoms with Gasteiger partial charge in [-0.1, -0.05) is 0 Å². The number of aldehydes is 1. The molecular weight excluding hydrogens is 218 g/mol. The van der Waals surface area contributed by atoms with Crippen molar-refractivity contribution in [3.05, 3.63) is 30.0 Å². The van der Waals surface area contributed by atoms with Crippen molar-refractivity contribution in [2.45, 2.75) is 0 Å². The molecule has 0 saturated heterocycles. The van der Waals surface area contributed by atoms with E-state index in [9.17, 15) is 4.79 Å². The highest BCUT2D eigenvalue weighted by atomic mass is 16.5. The minimum atomic E-state index is 0.600. The first kappa shape index (κ1) is 9.96. The summed E-state index contributed by atoms with van der Waals surface area (Å²) in [4.78, 5) is 10.9. The summed E-state index contributed by atoms with van der Waals surface area (Å²) in [6.45, 7) is 0. The van der Waals surface area contributed by atoms with Crippen LogP contribution in [0.5, 0.6) is 5.75 Å². The summed E-state index contributed by atoms with van der Waals surface area (Å²) in [6, 6.07) is 7.38. The van der Waals surface area contributed by atoms with Gasteiger partial charge in [-0.05, 0) is 18.2 Å². The van der Waals surface area contributed by atoms with Gasteiger partial charge >= 0.3 is 0 Å². The van der Waals surface area contributed by atoms with Crippen molar-refractivity contribution in [2.24, 2.45) is 7.05 Å². The average molecular weight is 229 g/mol. The zero-order valence-corrected chi connectivity index (χ0v) is 9.56. The Bertz CT molecular complexity index is 721. The molecule has 4 nitrogen and oxygen atoms in total. The number of hydrogen-bond donors (Lipinski definition) is 0. The van der Waals surface area contributed by atoms with Gasteiger partial charge in [-0.15, -0.1) is 0 Å². The third-order valence-electron chi connectivity index (χ3n) is 3.02. The van der Waals surface area contributed by atoms with E-state index >= 15 is 0 Å². The second kappa shape index (κ2) is 3.38. The Labute approximate surface area is 97.4 Å². The Balaban J connectivity index is 2.45. The molecule has 0 N–H and O–H groups in total. The number of fused-ring (bicyclic) bond motifs is 3. The van der Waals surface area contributed by atoms with Crippen LogP contribution in [0.3, 0.4) is 0 Å². The summed E-state index contributed by atoms with van der Waals surface area (Å²) in [7, 11) is 3.47. The van der Waals surface area contributed by atoms with Gasteiger partial charge in [0.2, 0.25) is 0 Å². The van der Waals surface area contributed by atoms with Crippen molar-refractivity contribution in [3.8, 4) is 5.75 Å². The topological polar surface area (TPSA) is 44.4 Å². The predicted molar refractivity (Wildman–Crippen MR) is 64.6 cm³/mol. The van der Waals surface area contributed by atoms with Crippen LogP contribution in [0.2, 0.25) is 0 Å². The molecule has 0 bridgehead atoms. The summed E-state index contributed by atoms with van der Waals surface area (Å²) < 4.78 is 12.7. The van der Waals surface area contributed by atoms with E-state index in [1.165, 1.54) is 0 Å². The minimum Gasteiger partial charge on any atom is -0.497 e. The van der Waals surface area contributed by atoms with Crippen molar-refractivity contribution < 1.29 is 13.9 Å². The number of methoxy groups -OCH3 is 1. The molecule has 0 fully saturated rings. The summed E-state index contributed by atoms with van der Waals surface area (Å²) >= 11 is 0. The Hall–Kier alpha value is -2.23. The van der Waals surface area contributed by atoms with Crippen molar-refractivity contribution >= 4 is 28.4 Å². The highest BCUT2D eigenvalue weighted by Gasteiger charge is 2.14. The van der Waals surface area contributed by atoms with Gasteiger partial charge in [-0.2, -0.15) is 0 Å². The first-order chi connectivity index (χ1) is 8.24. The highest BCUT2D eigenvalue weighted by Crippen LogP contribution is 2.32. The Morgan fingerprint density at radius 3 is 2.82 bits per heavy atom. The fourth-order valence-corrected chi connectivity index (χ4v) is 2.13.